The van der Waals surface area contributed by atoms with Gasteiger partial charge < -0.3 is 0 Å². The zero-order valence-corrected chi connectivity index (χ0v) is 29.3. The predicted molar refractivity (Wildman–Crippen MR) is 185 cm³/mol. The number of hydrogen-bond donors (Lipinski definition) is 0. The van der Waals surface area contributed by atoms with Crippen LogP contribution >= 0.6 is 45.2 Å². The SMILES string of the molecule is CCCCCCCCCCCCCCCCCCCCCCCCCCCCCCCCCC(I)I. The maximum Gasteiger partial charge on any atom is 0.0626 e. The van der Waals surface area contributed by atoms with Gasteiger partial charge in [-0.1, -0.05) is 251 Å². The minimum Gasteiger partial charge on any atom is -0.0710 e. The van der Waals surface area contributed by atoms with Crippen molar-refractivity contribution < 1.29 is 0 Å². The molecule has 0 aromatic carbocycles. The van der Waals surface area contributed by atoms with Crippen molar-refractivity contribution in [3.63, 3.8) is 0 Å². The molecule has 0 aromatic heterocycles. The molecule has 0 spiro atoms. The number of unbranched alkanes of at least 4 members (excludes halogenated alkanes) is 30. The second-order valence-corrected chi connectivity index (χ2v) is 17.2. The molecule has 0 heterocycles. The molecule has 0 nitrogen and oxygen atoms in total. The first-order valence-electron chi connectivity index (χ1n) is 17.1. The number of hydrogen-bond acceptors (Lipinski definition) is 0. The van der Waals surface area contributed by atoms with Gasteiger partial charge in [-0.2, -0.15) is 0 Å². The lowest BCUT2D eigenvalue weighted by molar-refractivity contribution is 0.512. The molecule has 0 aliphatic carbocycles. The summed E-state index contributed by atoms with van der Waals surface area (Å²) in [7, 11) is 0. The molecule has 0 aliphatic rings. The molecule has 0 rings (SSSR count). The van der Waals surface area contributed by atoms with Gasteiger partial charge in [-0.05, 0) is 6.42 Å². The fraction of sp³-hybridized carbons (Fsp3) is 1.00. The third-order valence-electron chi connectivity index (χ3n) is 8.03. The lowest BCUT2D eigenvalue weighted by Crippen LogP contribution is -1.86. The second kappa shape index (κ2) is 34.5. The van der Waals surface area contributed by atoms with E-state index in [1.807, 2.05) is 0 Å². The molecule has 0 atom stereocenters. The second-order valence-electron chi connectivity index (χ2n) is 11.8. The Morgan fingerprint density at radius 1 is 0.278 bits per heavy atom. The fourth-order valence-electron chi connectivity index (χ4n) is 5.50. The van der Waals surface area contributed by atoms with Crippen molar-refractivity contribution in [2.24, 2.45) is 0 Å². The topological polar surface area (TPSA) is 0 Å². The molecule has 2 heteroatoms. The van der Waals surface area contributed by atoms with E-state index in [4.69, 9.17) is 0 Å². The lowest BCUT2D eigenvalue weighted by atomic mass is 10.0. The fourth-order valence-corrected chi connectivity index (χ4v) is 6.38. The first kappa shape index (κ1) is 37.5. The van der Waals surface area contributed by atoms with Crippen LogP contribution in [0.2, 0.25) is 0 Å². The summed E-state index contributed by atoms with van der Waals surface area (Å²) in [4.78, 5) is 0. The number of alkyl halides is 2. The Morgan fingerprint density at radius 2 is 0.444 bits per heavy atom. The largest absolute Gasteiger partial charge is 0.0710 e. The van der Waals surface area contributed by atoms with Crippen molar-refractivity contribution in [1.29, 1.82) is 0 Å². The number of halogens is 2. The Labute approximate surface area is 257 Å². The minimum atomic E-state index is 0.837. The first-order chi connectivity index (χ1) is 17.8. The van der Waals surface area contributed by atoms with E-state index >= 15 is 0 Å². The van der Waals surface area contributed by atoms with Crippen LogP contribution in [0.3, 0.4) is 0 Å². The monoisotopic (exact) mass is 730 g/mol. The zero-order valence-electron chi connectivity index (χ0n) is 25.0. The van der Waals surface area contributed by atoms with E-state index in [9.17, 15) is 0 Å². The molecule has 0 radical (unpaired) electrons. The van der Waals surface area contributed by atoms with Crippen LogP contribution in [0.15, 0.2) is 0 Å². The number of rotatable bonds is 32. The molecule has 0 saturated heterocycles. The summed E-state index contributed by atoms with van der Waals surface area (Å²) in [5, 5.41) is 0. The van der Waals surface area contributed by atoms with E-state index in [0.717, 1.165) is 1.93 Å². The molecule has 0 unspecified atom stereocenters. The molecule has 0 aliphatic heterocycles. The van der Waals surface area contributed by atoms with Gasteiger partial charge in [0.1, 0.15) is 0 Å². The molecule has 0 amide bonds. The molecule has 0 fully saturated rings. The van der Waals surface area contributed by atoms with E-state index in [1.165, 1.54) is 205 Å². The quantitative estimate of drug-likeness (QED) is 0.0367. The molecule has 36 heavy (non-hydrogen) atoms. The molecule has 0 N–H and O–H groups in total. The van der Waals surface area contributed by atoms with Gasteiger partial charge >= 0.3 is 0 Å². The van der Waals surface area contributed by atoms with Gasteiger partial charge in [0.15, 0.2) is 0 Å². The minimum absolute atomic E-state index is 0.837. The van der Waals surface area contributed by atoms with Crippen molar-refractivity contribution in [2.75, 3.05) is 0 Å². The molecular weight excluding hydrogens is 662 g/mol. The summed E-state index contributed by atoms with van der Waals surface area (Å²) in [5.74, 6) is 0. The van der Waals surface area contributed by atoms with Crippen molar-refractivity contribution in [2.45, 2.75) is 214 Å². The Kier molecular flexibility index (Phi) is 35.9. The van der Waals surface area contributed by atoms with Crippen molar-refractivity contribution >= 4 is 45.2 Å². The average Bonchev–Trinajstić information content (AvgIpc) is 2.87. The lowest BCUT2D eigenvalue weighted by Gasteiger charge is -2.05. The van der Waals surface area contributed by atoms with Crippen LogP contribution in [-0.2, 0) is 0 Å². The van der Waals surface area contributed by atoms with Crippen LogP contribution in [0, 0.1) is 0 Å². The van der Waals surface area contributed by atoms with Crippen LogP contribution in [0.5, 0.6) is 0 Å². The van der Waals surface area contributed by atoms with Crippen LogP contribution in [0.4, 0.5) is 0 Å². The smallest absolute Gasteiger partial charge is 0.0626 e. The molecule has 218 valence electrons. The van der Waals surface area contributed by atoms with Crippen molar-refractivity contribution in [1.82, 2.24) is 0 Å². The maximum atomic E-state index is 2.54. The molecule has 0 bridgehead atoms. The summed E-state index contributed by atoms with van der Waals surface area (Å²) in [6.45, 7) is 2.31. The third kappa shape index (κ3) is 35.5. The summed E-state index contributed by atoms with van der Waals surface area (Å²) in [6, 6.07) is 0. The van der Waals surface area contributed by atoms with Gasteiger partial charge in [0.05, 0.1) is 1.93 Å². The third-order valence-corrected chi connectivity index (χ3v) is 9.27. The highest BCUT2D eigenvalue weighted by Gasteiger charge is 1.98. The predicted octanol–water partition coefficient (Wildman–Crippen LogP) is 14.7. The zero-order chi connectivity index (χ0) is 26.2. The van der Waals surface area contributed by atoms with E-state index in [1.54, 1.807) is 0 Å². The van der Waals surface area contributed by atoms with Crippen LogP contribution < -0.4 is 0 Å². The van der Waals surface area contributed by atoms with Gasteiger partial charge in [-0.15, -0.1) is 0 Å². The molecule has 0 aromatic rings. The highest BCUT2D eigenvalue weighted by Crippen LogP contribution is 2.19. The van der Waals surface area contributed by atoms with E-state index < -0.39 is 0 Å². The van der Waals surface area contributed by atoms with Crippen LogP contribution in [0.1, 0.15) is 212 Å². The van der Waals surface area contributed by atoms with Gasteiger partial charge in [-0.25, -0.2) is 0 Å². The summed E-state index contributed by atoms with van der Waals surface area (Å²) < 4.78 is 0.837. The standard InChI is InChI=1S/C34H68I2/c1-2-3-4-5-6-7-8-9-10-11-12-13-14-15-16-17-18-19-20-21-22-23-24-25-26-27-28-29-30-31-32-33-34(35)36/h34H,2-33H2,1H3. The van der Waals surface area contributed by atoms with E-state index in [2.05, 4.69) is 52.1 Å². The Bertz CT molecular complexity index is 368. The van der Waals surface area contributed by atoms with Gasteiger partial charge in [-0.3, -0.25) is 0 Å². The normalized spacial score (nSPS) is 11.7. The van der Waals surface area contributed by atoms with Gasteiger partial charge in [0.25, 0.3) is 0 Å². The van der Waals surface area contributed by atoms with Crippen molar-refractivity contribution in [3.8, 4) is 0 Å². The summed E-state index contributed by atoms with van der Waals surface area (Å²) >= 11 is 5.09. The molecule has 0 saturated carbocycles. The average molecular weight is 731 g/mol. The summed E-state index contributed by atoms with van der Waals surface area (Å²) in [6.07, 6.45) is 47.3. The van der Waals surface area contributed by atoms with Crippen LogP contribution in [0.25, 0.3) is 0 Å². The van der Waals surface area contributed by atoms with Gasteiger partial charge in [0, 0.05) is 0 Å². The van der Waals surface area contributed by atoms with Gasteiger partial charge in [0.2, 0.25) is 0 Å². The Balaban J connectivity index is 3.01. The first-order valence-corrected chi connectivity index (χ1v) is 19.5. The Morgan fingerprint density at radius 3 is 0.611 bits per heavy atom. The maximum absolute atomic E-state index is 2.54. The Hall–Kier alpha value is 1.46. The van der Waals surface area contributed by atoms with E-state index in [0.29, 0.717) is 0 Å². The molecular formula is C34H68I2. The van der Waals surface area contributed by atoms with E-state index in [-0.39, 0.29) is 0 Å². The van der Waals surface area contributed by atoms with Crippen molar-refractivity contribution in [3.05, 3.63) is 0 Å². The summed E-state index contributed by atoms with van der Waals surface area (Å²) in [5.41, 5.74) is 0. The highest BCUT2D eigenvalue weighted by molar-refractivity contribution is 14.2. The van der Waals surface area contributed by atoms with Crippen LogP contribution in [-0.4, -0.2) is 1.93 Å². The highest BCUT2D eigenvalue weighted by atomic mass is 127.